The van der Waals surface area contributed by atoms with Gasteiger partial charge in [-0.3, -0.25) is 4.98 Å². The number of rotatable bonds is 6. The highest BCUT2D eigenvalue weighted by atomic mass is 35.5. The normalized spacial score (nSPS) is 20.4. The molecule has 0 amide bonds. The molecule has 0 radical (unpaired) electrons. The van der Waals surface area contributed by atoms with Crippen molar-refractivity contribution < 1.29 is 9.47 Å². The third-order valence-corrected chi connectivity index (χ3v) is 3.89. The van der Waals surface area contributed by atoms with Gasteiger partial charge in [-0.2, -0.15) is 0 Å². The number of alkyl halides is 1. The summed E-state index contributed by atoms with van der Waals surface area (Å²) in [6.45, 7) is 1.45. The molecule has 1 saturated heterocycles. The quantitative estimate of drug-likeness (QED) is 0.422. The second kappa shape index (κ2) is 7.12. The van der Waals surface area contributed by atoms with Crippen LogP contribution in [0.3, 0.4) is 0 Å². The number of aromatic nitrogens is 1. The maximum Gasteiger partial charge on any atom is 0.120 e. The molecule has 0 aromatic carbocycles. The molecule has 122 valence electrons. The Labute approximate surface area is 140 Å². The summed E-state index contributed by atoms with van der Waals surface area (Å²) in [5, 5.41) is 14.4. The fourth-order valence-corrected chi connectivity index (χ4v) is 2.51. The molecule has 3 rings (SSSR count). The van der Waals surface area contributed by atoms with Crippen LogP contribution in [0.15, 0.2) is 24.5 Å². The van der Waals surface area contributed by atoms with Gasteiger partial charge in [-0.1, -0.05) is 11.6 Å². The summed E-state index contributed by atoms with van der Waals surface area (Å²) >= 11 is 6.08. The summed E-state index contributed by atoms with van der Waals surface area (Å²) in [6, 6.07) is 1.95. The first kappa shape index (κ1) is 16.0. The molecular formula is C16H19ClN4O2. The van der Waals surface area contributed by atoms with Gasteiger partial charge in [0, 0.05) is 30.6 Å². The number of halogens is 1. The lowest BCUT2D eigenvalue weighted by Crippen LogP contribution is -2.37. The minimum atomic E-state index is -0.252. The van der Waals surface area contributed by atoms with Crippen LogP contribution in [0.1, 0.15) is 11.3 Å². The molecule has 0 spiro atoms. The van der Waals surface area contributed by atoms with Gasteiger partial charge in [0.15, 0.2) is 0 Å². The SMILES string of the molecule is CN/C=C(\C(=N)COC1COC1)c1cnc2c(c1)NC(Cl)C=C2. The van der Waals surface area contributed by atoms with E-state index in [1.807, 2.05) is 18.2 Å². The van der Waals surface area contributed by atoms with E-state index in [2.05, 4.69) is 15.6 Å². The molecule has 1 aromatic heterocycles. The molecule has 6 nitrogen and oxygen atoms in total. The van der Waals surface area contributed by atoms with E-state index in [1.54, 1.807) is 19.4 Å². The van der Waals surface area contributed by atoms with E-state index in [0.29, 0.717) is 18.9 Å². The molecule has 3 N–H and O–H groups in total. The van der Waals surface area contributed by atoms with Crippen molar-refractivity contribution in [2.75, 3.05) is 32.2 Å². The van der Waals surface area contributed by atoms with Crippen LogP contribution in [0.4, 0.5) is 5.69 Å². The van der Waals surface area contributed by atoms with E-state index in [-0.39, 0.29) is 18.2 Å². The van der Waals surface area contributed by atoms with Gasteiger partial charge in [0.05, 0.1) is 36.9 Å². The number of fused-ring (bicyclic) bond motifs is 1. The van der Waals surface area contributed by atoms with Crippen molar-refractivity contribution in [2.45, 2.75) is 11.6 Å². The van der Waals surface area contributed by atoms with E-state index in [4.69, 9.17) is 26.5 Å². The third kappa shape index (κ3) is 3.72. The highest BCUT2D eigenvalue weighted by Crippen LogP contribution is 2.26. The zero-order valence-electron chi connectivity index (χ0n) is 12.8. The third-order valence-electron chi connectivity index (χ3n) is 3.63. The molecule has 1 aromatic rings. The standard InChI is InChI=1S/C16H19ClN4O2/c1-19-6-12(13(18)9-23-11-7-22-8-11)10-4-15-14(20-5-10)2-3-16(17)21-15/h2-6,11,16,18-19,21H,7-9H2,1H3/b12-6-,18-13?. The minimum Gasteiger partial charge on any atom is -0.393 e. The Morgan fingerprint density at radius 1 is 1.61 bits per heavy atom. The summed E-state index contributed by atoms with van der Waals surface area (Å²) in [5.41, 5.74) is 3.41. The highest BCUT2D eigenvalue weighted by Gasteiger charge is 2.21. The second-order valence-electron chi connectivity index (χ2n) is 5.36. The Hall–Kier alpha value is -1.89. The maximum atomic E-state index is 8.30. The molecule has 3 heterocycles. The Balaban J connectivity index is 1.78. The molecule has 7 heteroatoms. The maximum absolute atomic E-state index is 8.30. The average Bonchev–Trinajstić information content (AvgIpc) is 2.50. The van der Waals surface area contributed by atoms with Crippen LogP contribution >= 0.6 is 11.6 Å². The van der Waals surface area contributed by atoms with E-state index < -0.39 is 0 Å². The summed E-state index contributed by atoms with van der Waals surface area (Å²) in [4.78, 5) is 4.43. The second-order valence-corrected chi connectivity index (χ2v) is 5.83. The van der Waals surface area contributed by atoms with Crippen molar-refractivity contribution in [1.29, 1.82) is 5.41 Å². The van der Waals surface area contributed by atoms with E-state index in [0.717, 1.165) is 22.5 Å². The Morgan fingerprint density at radius 3 is 3.13 bits per heavy atom. The number of nitrogens with one attached hydrogen (secondary N) is 3. The topological polar surface area (TPSA) is 79.3 Å². The lowest BCUT2D eigenvalue weighted by atomic mass is 10.0. The fourth-order valence-electron chi connectivity index (χ4n) is 2.32. The number of nitrogens with zero attached hydrogens (tertiary/aromatic N) is 1. The Kier molecular flexibility index (Phi) is 4.95. The smallest absolute Gasteiger partial charge is 0.120 e. The first-order valence-corrected chi connectivity index (χ1v) is 7.85. The summed E-state index contributed by atoms with van der Waals surface area (Å²) < 4.78 is 10.7. The van der Waals surface area contributed by atoms with E-state index in [9.17, 15) is 0 Å². The van der Waals surface area contributed by atoms with Crippen molar-refractivity contribution >= 4 is 34.6 Å². The van der Waals surface area contributed by atoms with Gasteiger partial charge in [-0.15, -0.1) is 0 Å². The predicted molar refractivity (Wildman–Crippen MR) is 91.9 cm³/mol. The van der Waals surface area contributed by atoms with Gasteiger partial charge in [-0.05, 0) is 18.2 Å². The van der Waals surface area contributed by atoms with Crippen LogP contribution < -0.4 is 10.6 Å². The number of ether oxygens (including phenoxy) is 2. The van der Waals surface area contributed by atoms with Crippen molar-refractivity contribution in [3.8, 4) is 0 Å². The van der Waals surface area contributed by atoms with Crippen molar-refractivity contribution in [1.82, 2.24) is 10.3 Å². The summed E-state index contributed by atoms with van der Waals surface area (Å²) in [5.74, 6) is 0. The van der Waals surface area contributed by atoms with Gasteiger partial charge < -0.3 is 25.5 Å². The molecule has 2 aliphatic heterocycles. The molecule has 0 saturated carbocycles. The Morgan fingerprint density at radius 2 is 2.43 bits per heavy atom. The molecule has 2 aliphatic rings. The Bertz CT molecular complexity index is 655. The fraction of sp³-hybridized carbons (Fsp3) is 0.375. The molecule has 0 aliphatic carbocycles. The van der Waals surface area contributed by atoms with Crippen molar-refractivity contribution in [3.05, 3.63) is 35.8 Å². The molecule has 23 heavy (non-hydrogen) atoms. The van der Waals surface area contributed by atoms with Crippen molar-refractivity contribution in [2.24, 2.45) is 0 Å². The largest absolute Gasteiger partial charge is 0.393 e. The lowest BCUT2D eigenvalue weighted by Gasteiger charge is -2.26. The van der Waals surface area contributed by atoms with Crippen LogP contribution in [0.25, 0.3) is 11.6 Å². The van der Waals surface area contributed by atoms with Crippen molar-refractivity contribution in [3.63, 3.8) is 0 Å². The zero-order valence-corrected chi connectivity index (χ0v) is 13.6. The highest BCUT2D eigenvalue weighted by molar-refractivity contribution is 6.24. The minimum absolute atomic E-state index is 0.0941. The van der Waals surface area contributed by atoms with Gasteiger partial charge in [0.25, 0.3) is 0 Å². The van der Waals surface area contributed by atoms with Crippen LogP contribution in [-0.2, 0) is 9.47 Å². The van der Waals surface area contributed by atoms with Crippen LogP contribution in [0, 0.1) is 5.41 Å². The predicted octanol–water partition coefficient (Wildman–Crippen LogP) is 2.08. The van der Waals surface area contributed by atoms with Crippen LogP contribution in [-0.4, -0.2) is 49.2 Å². The molecule has 0 bridgehead atoms. The number of pyridine rings is 1. The van der Waals surface area contributed by atoms with Crippen LogP contribution in [0.2, 0.25) is 0 Å². The first-order valence-electron chi connectivity index (χ1n) is 7.41. The summed E-state index contributed by atoms with van der Waals surface area (Å²) in [7, 11) is 1.80. The molecule has 1 fully saturated rings. The van der Waals surface area contributed by atoms with Crippen LogP contribution in [0.5, 0.6) is 0 Å². The van der Waals surface area contributed by atoms with Gasteiger partial charge in [0.1, 0.15) is 11.6 Å². The number of anilines is 1. The molecule has 1 unspecified atom stereocenters. The first-order chi connectivity index (χ1) is 11.2. The zero-order chi connectivity index (χ0) is 16.2. The monoisotopic (exact) mass is 334 g/mol. The molecular weight excluding hydrogens is 316 g/mol. The summed E-state index contributed by atoms with van der Waals surface area (Å²) in [6.07, 6.45) is 7.36. The molecule has 1 atom stereocenters. The van der Waals surface area contributed by atoms with Gasteiger partial charge in [0.2, 0.25) is 0 Å². The average molecular weight is 335 g/mol. The van der Waals surface area contributed by atoms with Gasteiger partial charge in [-0.25, -0.2) is 0 Å². The van der Waals surface area contributed by atoms with E-state index in [1.165, 1.54) is 0 Å². The van der Waals surface area contributed by atoms with E-state index >= 15 is 0 Å². The lowest BCUT2D eigenvalue weighted by molar-refractivity contribution is -0.120. The number of hydrogen-bond acceptors (Lipinski definition) is 6. The van der Waals surface area contributed by atoms with Gasteiger partial charge >= 0.3 is 0 Å². The number of hydrogen-bond donors (Lipinski definition) is 3.